The summed E-state index contributed by atoms with van der Waals surface area (Å²) < 4.78 is 7.51. The van der Waals surface area contributed by atoms with E-state index in [2.05, 4.69) is 9.97 Å². The molecule has 1 aliphatic rings. The predicted molar refractivity (Wildman–Crippen MR) is 76.7 cm³/mol. The van der Waals surface area contributed by atoms with Crippen molar-refractivity contribution in [3.05, 3.63) is 49.7 Å². The number of aromatic amines is 1. The predicted octanol–water partition coefficient (Wildman–Crippen LogP) is -1.73. The summed E-state index contributed by atoms with van der Waals surface area (Å²) in [6.45, 7) is -0.420. The molecule has 0 saturated carbocycles. The van der Waals surface area contributed by atoms with Crippen LogP contribution in [0.3, 0.4) is 0 Å². The monoisotopic (exact) mass is 339 g/mol. The van der Waals surface area contributed by atoms with Crippen molar-refractivity contribution in [3.63, 3.8) is 0 Å². The largest absolute Gasteiger partial charge is 0.394 e. The number of rotatable bonds is 4. The number of hydrogen-bond acceptors (Lipinski definition) is 8. The van der Waals surface area contributed by atoms with Crippen LogP contribution >= 0.6 is 0 Å². The van der Waals surface area contributed by atoms with Gasteiger partial charge in [-0.2, -0.15) is 0 Å². The minimum Gasteiger partial charge on any atom is -0.394 e. The third-order valence-corrected chi connectivity index (χ3v) is 3.68. The molecule has 3 rings (SSSR count). The highest BCUT2D eigenvalue weighted by molar-refractivity contribution is 5.29. The molecule has 0 amide bonds. The first-order valence-corrected chi connectivity index (χ1v) is 6.89. The average molecular weight is 339 g/mol. The molecular weight excluding hydrogens is 326 g/mol. The maximum absolute atomic E-state index is 12.0. The Morgan fingerprint density at radius 3 is 2.79 bits per heavy atom. The highest BCUT2D eigenvalue weighted by Crippen LogP contribution is 2.27. The van der Waals surface area contributed by atoms with Crippen molar-refractivity contribution in [3.8, 4) is 5.69 Å². The molecule has 12 nitrogen and oxygen atoms in total. The summed E-state index contributed by atoms with van der Waals surface area (Å²) in [6.07, 6.45) is 0.602. The zero-order chi connectivity index (χ0) is 17.4. The molecule has 3 N–H and O–H groups in total. The van der Waals surface area contributed by atoms with Gasteiger partial charge in [0.15, 0.2) is 0 Å². The lowest BCUT2D eigenvalue weighted by Crippen LogP contribution is -2.34. The smallest absolute Gasteiger partial charge is 0.381 e. The molecule has 0 unspecified atom stereocenters. The van der Waals surface area contributed by atoms with Crippen LogP contribution in [0.2, 0.25) is 0 Å². The van der Waals surface area contributed by atoms with E-state index in [4.69, 9.17) is 9.84 Å². The van der Waals surface area contributed by atoms with Crippen molar-refractivity contribution < 1.29 is 19.9 Å². The Morgan fingerprint density at radius 2 is 2.21 bits per heavy atom. The number of nitro groups is 1. The summed E-state index contributed by atoms with van der Waals surface area (Å²) in [5.74, 6) is -0.458. The lowest BCUT2D eigenvalue weighted by molar-refractivity contribution is -0.389. The Kier molecular flexibility index (Phi) is 4.01. The summed E-state index contributed by atoms with van der Waals surface area (Å²) in [7, 11) is 0. The van der Waals surface area contributed by atoms with Gasteiger partial charge in [-0.1, -0.05) is 0 Å². The molecule has 1 aliphatic heterocycles. The molecule has 1 fully saturated rings. The molecule has 24 heavy (non-hydrogen) atoms. The number of ether oxygens (including phenoxy) is 1. The number of hydrogen-bond donors (Lipinski definition) is 3. The van der Waals surface area contributed by atoms with Crippen LogP contribution in [0.5, 0.6) is 0 Å². The molecule has 0 bridgehead atoms. The van der Waals surface area contributed by atoms with E-state index in [0.29, 0.717) is 0 Å². The van der Waals surface area contributed by atoms with Crippen LogP contribution in [-0.4, -0.2) is 53.1 Å². The van der Waals surface area contributed by atoms with E-state index in [9.17, 15) is 24.8 Å². The Balaban J connectivity index is 2.02. The molecule has 0 aliphatic carbocycles. The van der Waals surface area contributed by atoms with Gasteiger partial charge >= 0.3 is 11.5 Å². The standard InChI is InChI=1S/C12H13N5O7/c18-4-8-7(19)1-10(24-8)16-2-6(11(20)14-12(16)21)15-3-9(13-5-15)17(22)23/h2-3,5,7-8,10,18-19H,1,4H2,(H,14,20,21)/t7-,8+,10+/m0/s1. The molecular formula is C12H13N5O7. The van der Waals surface area contributed by atoms with Crippen molar-refractivity contribution in [2.24, 2.45) is 0 Å². The maximum Gasteiger partial charge on any atom is 0.381 e. The van der Waals surface area contributed by atoms with Gasteiger partial charge < -0.3 is 25.1 Å². The Bertz CT molecular complexity index is 884. The van der Waals surface area contributed by atoms with Gasteiger partial charge in [0.2, 0.25) is 6.33 Å². The normalized spacial score (nSPS) is 23.5. The highest BCUT2D eigenvalue weighted by Gasteiger charge is 2.35. The SMILES string of the molecule is O=c1[nH]c(=O)n([C@H]2C[C@H](O)[C@@H](CO)O2)cc1-n1cnc([N+](=O)[O-])c1. The highest BCUT2D eigenvalue weighted by atomic mass is 16.6. The number of H-pyrrole nitrogens is 1. The van der Waals surface area contributed by atoms with Gasteiger partial charge in [-0.05, 0) is 9.91 Å². The van der Waals surface area contributed by atoms with Crippen molar-refractivity contribution >= 4 is 5.82 Å². The first-order chi connectivity index (χ1) is 11.4. The van der Waals surface area contributed by atoms with Gasteiger partial charge in [0.25, 0.3) is 5.56 Å². The van der Waals surface area contributed by atoms with Crippen LogP contribution in [0.15, 0.2) is 28.3 Å². The van der Waals surface area contributed by atoms with Gasteiger partial charge in [0.1, 0.15) is 24.2 Å². The minimum atomic E-state index is -0.961. The van der Waals surface area contributed by atoms with Crippen molar-refractivity contribution in [2.75, 3.05) is 6.61 Å². The molecule has 0 spiro atoms. The van der Waals surface area contributed by atoms with E-state index < -0.39 is 47.0 Å². The van der Waals surface area contributed by atoms with E-state index in [0.717, 1.165) is 27.9 Å². The fourth-order valence-corrected chi connectivity index (χ4v) is 2.46. The second kappa shape index (κ2) is 5.99. The quantitative estimate of drug-likeness (QED) is 0.436. The molecule has 3 atom stereocenters. The maximum atomic E-state index is 12.0. The van der Waals surface area contributed by atoms with Gasteiger partial charge in [-0.25, -0.2) is 4.79 Å². The third kappa shape index (κ3) is 2.73. The van der Waals surface area contributed by atoms with Gasteiger partial charge in [-0.15, -0.1) is 0 Å². The average Bonchev–Trinajstić information content (AvgIpc) is 3.14. The van der Waals surface area contributed by atoms with E-state index >= 15 is 0 Å². The second-order valence-corrected chi connectivity index (χ2v) is 5.19. The van der Waals surface area contributed by atoms with E-state index in [1.807, 2.05) is 0 Å². The first-order valence-electron chi connectivity index (χ1n) is 6.89. The number of aromatic nitrogens is 4. The number of imidazole rings is 1. The summed E-state index contributed by atoms with van der Waals surface area (Å²) in [6, 6.07) is 0. The number of nitrogens with zero attached hydrogens (tertiary/aromatic N) is 4. The van der Waals surface area contributed by atoms with Crippen LogP contribution in [0.4, 0.5) is 5.82 Å². The third-order valence-electron chi connectivity index (χ3n) is 3.68. The van der Waals surface area contributed by atoms with Gasteiger partial charge in [0, 0.05) is 12.6 Å². The Morgan fingerprint density at radius 1 is 1.46 bits per heavy atom. The van der Waals surface area contributed by atoms with Crippen molar-refractivity contribution in [1.82, 2.24) is 19.1 Å². The van der Waals surface area contributed by atoms with Crippen LogP contribution in [0, 0.1) is 10.1 Å². The topological polar surface area (TPSA) is 166 Å². The van der Waals surface area contributed by atoms with Crippen LogP contribution in [-0.2, 0) is 4.74 Å². The molecule has 0 radical (unpaired) electrons. The Hall–Kier alpha value is -2.83. The van der Waals surface area contributed by atoms with E-state index in [1.54, 1.807) is 0 Å². The minimum absolute atomic E-state index is 0.0424. The fourth-order valence-electron chi connectivity index (χ4n) is 2.46. The van der Waals surface area contributed by atoms with Crippen LogP contribution in [0.1, 0.15) is 12.6 Å². The molecule has 3 heterocycles. The van der Waals surface area contributed by atoms with Gasteiger partial charge in [0.05, 0.1) is 12.7 Å². The molecule has 12 heteroatoms. The van der Waals surface area contributed by atoms with E-state index in [1.165, 1.54) is 0 Å². The molecule has 128 valence electrons. The number of aliphatic hydroxyl groups is 2. The van der Waals surface area contributed by atoms with Crippen LogP contribution < -0.4 is 11.2 Å². The fraction of sp³-hybridized carbons (Fsp3) is 0.417. The van der Waals surface area contributed by atoms with Crippen molar-refractivity contribution in [1.29, 1.82) is 0 Å². The molecule has 1 saturated heterocycles. The second-order valence-electron chi connectivity index (χ2n) is 5.19. The summed E-state index contributed by atoms with van der Waals surface area (Å²) >= 11 is 0. The summed E-state index contributed by atoms with van der Waals surface area (Å²) in [5.41, 5.74) is -1.62. The number of aliphatic hydroxyl groups excluding tert-OH is 2. The zero-order valence-electron chi connectivity index (χ0n) is 12.1. The molecule has 2 aromatic rings. The van der Waals surface area contributed by atoms with E-state index in [-0.39, 0.29) is 12.1 Å². The number of nitrogens with one attached hydrogen (secondary N) is 1. The zero-order valence-corrected chi connectivity index (χ0v) is 12.1. The first kappa shape index (κ1) is 16.0. The summed E-state index contributed by atoms with van der Waals surface area (Å²) in [4.78, 5) is 39.5. The van der Waals surface area contributed by atoms with Gasteiger partial charge in [-0.3, -0.25) is 18.9 Å². The molecule has 2 aromatic heterocycles. The summed E-state index contributed by atoms with van der Waals surface area (Å²) in [5, 5.41) is 29.5. The Labute approximate surface area is 132 Å². The lowest BCUT2D eigenvalue weighted by atomic mass is 10.2. The van der Waals surface area contributed by atoms with Crippen LogP contribution in [0.25, 0.3) is 5.69 Å². The lowest BCUT2D eigenvalue weighted by Gasteiger charge is -2.15. The molecule has 0 aromatic carbocycles. The van der Waals surface area contributed by atoms with Crippen molar-refractivity contribution in [2.45, 2.75) is 24.9 Å².